The summed E-state index contributed by atoms with van der Waals surface area (Å²) in [7, 11) is 1.18. The van der Waals surface area contributed by atoms with Crippen LogP contribution in [0.25, 0.3) is 0 Å². The smallest absolute Gasteiger partial charge is 0.190 e. The quantitative estimate of drug-likeness (QED) is 0.371. The molecule has 1 nitrogen and oxygen atoms in total. The van der Waals surface area contributed by atoms with Crippen molar-refractivity contribution in [2.75, 3.05) is 7.11 Å². The van der Waals surface area contributed by atoms with Gasteiger partial charge in [0.2, 0.25) is 0 Å². The fourth-order valence-corrected chi connectivity index (χ4v) is 2.92. The van der Waals surface area contributed by atoms with Crippen LogP contribution < -0.4 is 4.74 Å². The molecule has 0 aliphatic heterocycles. The molecular weight excluding hydrogens is 404 g/mol. The number of halogens is 4. The van der Waals surface area contributed by atoms with Crippen molar-refractivity contribution in [2.24, 2.45) is 0 Å². The highest BCUT2D eigenvalue weighted by Crippen LogP contribution is 2.22. The zero-order valence-electron chi connectivity index (χ0n) is 17.0. The summed E-state index contributed by atoms with van der Waals surface area (Å²) in [6.07, 6.45) is 1.39. The Labute approximate surface area is 178 Å². The number of ether oxygens (including phenoxy) is 1. The van der Waals surface area contributed by atoms with Crippen LogP contribution in [0.2, 0.25) is 0 Å². The maximum Gasteiger partial charge on any atom is 0.190 e. The molecule has 0 N–H and O–H groups in total. The lowest BCUT2D eigenvalue weighted by molar-refractivity contribution is 0.359. The van der Waals surface area contributed by atoms with E-state index in [1.165, 1.54) is 19.2 Å². The summed E-state index contributed by atoms with van der Waals surface area (Å²) in [4.78, 5) is 0. The van der Waals surface area contributed by atoms with E-state index in [2.05, 4.69) is 28.4 Å². The molecule has 31 heavy (non-hydrogen) atoms. The van der Waals surface area contributed by atoms with Gasteiger partial charge in [0, 0.05) is 16.7 Å². The third-order valence-corrected chi connectivity index (χ3v) is 4.41. The van der Waals surface area contributed by atoms with Crippen molar-refractivity contribution >= 4 is 0 Å². The Morgan fingerprint density at radius 2 is 1.16 bits per heavy atom. The fraction of sp³-hybridized carbons (Fsp3) is 0.154. The average molecular weight is 422 g/mol. The molecule has 3 aromatic rings. The highest BCUT2D eigenvalue weighted by Gasteiger charge is 2.10. The summed E-state index contributed by atoms with van der Waals surface area (Å²) in [5.41, 5.74) is 1.62. The van der Waals surface area contributed by atoms with Crippen molar-refractivity contribution in [2.45, 2.75) is 19.8 Å². The van der Waals surface area contributed by atoms with Crippen LogP contribution in [-0.2, 0) is 6.42 Å². The van der Waals surface area contributed by atoms with Crippen molar-refractivity contribution in [1.29, 1.82) is 0 Å². The molecule has 0 spiro atoms. The summed E-state index contributed by atoms with van der Waals surface area (Å²) in [5.74, 6) is 7.26. The molecule has 0 radical (unpaired) electrons. The first-order valence-corrected chi connectivity index (χ1v) is 9.56. The first-order chi connectivity index (χ1) is 14.9. The minimum absolute atomic E-state index is 0.164. The molecule has 5 heteroatoms. The van der Waals surface area contributed by atoms with Gasteiger partial charge in [0.1, 0.15) is 11.6 Å². The van der Waals surface area contributed by atoms with Crippen LogP contribution in [0.1, 0.15) is 41.2 Å². The van der Waals surface area contributed by atoms with E-state index >= 15 is 0 Å². The Hall–Kier alpha value is -3.70. The van der Waals surface area contributed by atoms with Gasteiger partial charge in [0.05, 0.1) is 12.7 Å². The third-order valence-electron chi connectivity index (χ3n) is 4.41. The van der Waals surface area contributed by atoms with E-state index in [0.717, 1.165) is 18.6 Å². The lowest BCUT2D eigenvalue weighted by Crippen LogP contribution is -1.94. The van der Waals surface area contributed by atoms with Crippen LogP contribution in [0.5, 0.6) is 5.75 Å². The maximum atomic E-state index is 14.1. The predicted octanol–water partition coefficient (Wildman–Crippen LogP) is 6.00. The first-order valence-electron chi connectivity index (χ1n) is 9.56. The molecule has 0 aromatic heterocycles. The Balaban J connectivity index is 1.78. The number of hydrogen-bond acceptors (Lipinski definition) is 1. The molecule has 0 aliphatic carbocycles. The number of aryl methyl sites for hydroxylation is 1. The van der Waals surface area contributed by atoms with E-state index in [1.807, 2.05) is 6.92 Å². The van der Waals surface area contributed by atoms with E-state index in [4.69, 9.17) is 0 Å². The first kappa shape index (κ1) is 22.0. The minimum Gasteiger partial charge on any atom is -0.491 e. The van der Waals surface area contributed by atoms with Gasteiger partial charge in [0.15, 0.2) is 17.4 Å². The summed E-state index contributed by atoms with van der Waals surface area (Å²) in [6, 6.07) is 11.4. The highest BCUT2D eigenvalue weighted by molar-refractivity contribution is 5.49. The van der Waals surface area contributed by atoms with E-state index in [1.54, 1.807) is 24.3 Å². The van der Waals surface area contributed by atoms with Gasteiger partial charge in [-0.1, -0.05) is 37.0 Å². The van der Waals surface area contributed by atoms with Gasteiger partial charge >= 0.3 is 0 Å². The standard InChI is InChI=1S/C26H18F4O/c1-3-4-19-13-22(27)21(23(28)14-19)12-11-18-7-5-17(6-8-18)9-10-20-15-24(29)26(31-2)25(30)16-20/h5-8,13-16H,3-4H2,1-2H3. The Morgan fingerprint density at radius 3 is 1.65 bits per heavy atom. The Morgan fingerprint density at radius 1 is 0.677 bits per heavy atom. The fourth-order valence-electron chi connectivity index (χ4n) is 2.92. The Bertz CT molecular complexity index is 1180. The maximum absolute atomic E-state index is 14.1. The normalized spacial score (nSPS) is 10.0. The monoisotopic (exact) mass is 422 g/mol. The topological polar surface area (TPSA) is 9.23 Å². The number of hydrogen-bond donors (Lipinski definition) is 0. The number of rotatable bonds is 3. The van der Waals surface area contributed by atoms with Gasteiger partial charge in [-0.3, -0.25) is 0 Å². The second-order valence-electron chi connectivity index (χ2n) is 6.73. The molecule has 0 aliphatic rings. The van der Waals surface area contributed by atoms with Gasteiger partial charge in [-0.15, -0.1) is 0 Å². The van der Waals surface area contributed by atoms with Crippen LogP contribution in [0, 0.1) is 47.0 Å². The Kier molecular flexibility index (Phi) is 7.00. The highest BCUT2D eigenvalue weighted by atomic mass is 19.1. The second kappa shape index (κ2) is 9.87. The van der Waals surface area contributed by atoms with Crippen LogP contribution >= 0.6 is 0 Å². The van der Waals surface area contributed by atoms with Crippen LogP contribution in [0.4, 0.5) is 17.6 Å². The van der Waals surface area contributed by atoms with E-state index in [0.29, 0.717) is 23.1 Å². The average Bonchev–Trinajstić information content (AvgIpc) is 2.72. The molecule has 0 unspecified atom stereocenters. The molecule has 0 fully saturated rings. The summed E-state index contributed by atoms with van der Waals surface area (Å²) in [5, 5.41) is 0. The molecule has 0 atom stereocenters. The molecule has 0 saturated heterocycles. The molecular formula is C26H18F4O. The zero-order valence-corrected chi connectivity index (χ0v) is 17.0. The van der Waals surface area contributed by atoms with Gasteiger partial charge in [-0.05, 0) is 60.5 Å². The van der Waals surface area contributed by atoms with Crippen molar-refractivity contribution in [3.05, 3.63) is 99.6 Å². The second-order valence-corrected chi connectivity index (χ2v) is 6.73. The van der Waals surface area contributed by atoms with Gasteiger partial charge in [-0.2, -0.15) is 0 Å². The van der Waals surface area contributed by atoms with Gasteiger partial charge in [0.25, 0.3) is 0 Å². The molecule has 0 bridgehead atoms. The minimum atomic E-state index is -0.834. The van der Waals surface area contributed by atoms with E-state index < -0.39 is 29.0 Å². The molecule has 3 rings (SSSR count). The number of methoxy groups -OCH3 is 1. The van der Waals surface area contributed by atoms with Crippen LogP contribution in [-0.4, -0.2) is 7.11 Å². The molecule has 0 heterocycles. The van der Waals surface area contributed by atoms with Gasteiger partial charge < -0.3 is 4.74 Å². The molecule has 3 aromatic carbocycles. The lowest BCUT2D eigenvalue weighted by Gasteiger charge is -2.03. The molecule has 0 saturated carbocycles. The lowest BCUT2D eigenvalue weighted by atomic mass is 10.1. The molecule has 156 valence electrons. The summed E-state index contributed by atoms with van der Waals surface area (Å²) in [6.45, 7) is 1.94. The van der Waals surface area contributed by atoms with Crippen molar-refractivity contribution in [1.82, 2.24) is 0 Å². The van der Waals surface area contributed by atoms with E-state index in [9.17, 15) is 17.6 Å². The summed E-state index contributed by atoms with van der Waals surface area (Å²) < 4.78 is 60.4. The van der Waals surface area contributed by atoms with Crippen molar-refractivity contribution in [3.8, 4) is 29.4 Å². The van der Waals surface area contributed by atoms with E-state index in [-0.39, 0.29) is 11.1 Å². The third kappa shape index (κ3) is 5.47. The van der Waals surface area contributed by atoms with Crippen LogP contribution in [0.3, 0.4) is 0 Å². The number of benzene rings is 3. The zero-order chi connectivity index (χ0) is 22.4. The summed E-state index contributed by atoms with van der Waals surface area (Å²) >= 11 is 0. The van der Waals surface area contributed by atoms with Crippen LogP contribution in [0.15, 0.2) is 48.5 Å². The van der Waals surface area contributed by atoms with Crippen molar-refractivity contribution in [3.63, 3.8) is 0 Å². The van der Waals surface area contributed by atoms with Crippen molar-refractivity contribution < 1.29 is 22.3 Å². The predicted molar refractivity (Wildman–Crippen MR) is 112 cm³/mol. The largest absolute Gasteiger partial charge is 0.491 e. The SMILES string of the molecule is CCCc1cc(F)c(C#Cc2ccc(C#Cc3cc(F)c(OC)c(F)c3)cc2)c(F)c1. The van der Waals surface area contributed by atoms with Gasteiger partial charge in [-0.25, -0.2) is 17.6 Å². The molecule has 0 amide bonds.